The quantitative estimate of drug-likeness (QED) is 0.564. The fourth-order valence-electron chi connectivity index (χ4n) is 3.67. The van der Waals surface area contributed by atoms with Crippen molar-refractivity contribution in [3.8, 4) is 0 Å². The molecule has 2 aliphatic rings. The molecule has 16 heavy (non-hydrogen) atoms. The highest BCUT2D eigenvalue weighted by Crippen LogP contribution is 2.56. The van der Waals surface area contributed by atoms with Crippen molar-refractivity contribution in [1.82, 2.24) is 0 Å². The molecule has 1 aromatic rings. The molecule has 0 saturated heterocycles. The maximum Gasteiger partial charge on any atom is 0.223 e. The Kier molecular flexibility index (Phi) is 2.20. The highest BCUT2D eigenvalue weighted by atomic mass is 16.6. The van der Waals surface area contributed by atoms with Crippen LogP contribution in [0.15, 0.2) is 30.3 Å². The largest absolute Gasteiger partial charge is 0.264 e. The molecule has 3 heteroatoms. The minimum absolute atomic E-state index is 0.0514. The van der Waals surface area contributed by atoms with Crippen molar-refractivity contribution < 1.29 is 4.92 Å². The number of nitro groups is 1. The average Bonchev–Trinajstić information content (AvgIpc) is 2.63. The standard InChI is InChI=1S/C13H15NO2/c15-14(16)13-11-8-4-7-10(11)12(13)9-5-2-1-3-6-9/h1-3,5-6,10-13H,4,7-8H2/t10-,11+,12-,13-/m1/s1. The van der Waals surface area contributed by atoms with E-state index in [9.17, 15) is 10.1 Å². The second kappa shape index (κ2) is 3.58. The van der Waals surface area contributed by atoms with Gasteiger partial charge in [0, 0.05) is 10.8 Å². The van der Waals surface area contributed by atoms with E-state index >= 15 is 0 Å². The van der Waals surface area contributed by atoms with Gasteiger partial charge in [0.05, 0.1) is 5.92 Å². The molecular weight excluding hydrogens is 202 g/mol. The molecule has 0 amide bonds. The van der Waals surface area contributed by atoms with E-state index in [4.69, 9.17) is 0 Å². The van der Waals surface area contributed by atoms with Crippen LogP contribution in [0.3, 0.4) is 0 Å². The summed E-state index contributed by atoms with van der Waals surface area (Å²) in [6, 6.07) is 9.68. The Bertz CT molecular complexity index is 404. The van der Waals surface area contributed by atoms with E-state index in [0.29, 0.717) is 11.8 Å². The minimum atomic E-state index is -0.324. The molecule has 2 saturated carbocycles. The van der Waals surface area contributed by atoms with Crippen LogP contribution >= 0.6 is 0 Å². The van der Waals surface area contributed by atoms with Crippen LogP contribution in [-0.4, -0.2) is 11.0 Å². The first-order valence-corrected chi connectivity index (χ1v) is 5.97. The molecule has 0 bridgehead atoms. The molecule has 3 nitrogen and oxygen atoms in total. The van der Waals surface area contributed by atoms with Crippen molar-refractivity contribution in [2.45, 2.75) is 31.2 Å². The Balaban J connectivity index is 1.91. The molecule has 2 aliphatic carbocycles. The summed E-state index contributed by atoms with van der Waals surface area (Å²) in [4.78, 5) is 11.1. The van der Waals surface area contributed by atoms with E-state index in [1.807, 2.05) is 30.3 Å². The SMILES string of the molecule is O=[N+]([O-])[C@@H]1[C@H]2CCC[C@H]2[C@H]1c1ccccc1. The van der Waals surface area contributed by atoms with Crippen LogP contribution in [0, 0.1) is 22.0 Å². The molecule has 0 aromatic heterocycles. The topological polar surface area (TPSA) is 43.1 Å². The van der Waals surface area contributed by atoms with E-state index in [1.54, 1.807) is 0 Å². The van der Waals surface area contributed by atoms with Crippen LogP contribution in [0.2, 0.25) is 0 Å². The van der Waals surface area contributed by atoms with Crippen LogP contribution < -0.4 is 0 Å². The summed E-state index contributed by atoms with van der Waals surface area (Å²) < 4.78 is 0. The molecule has 0 spiro atoms. The van der Waals surface area contributed by atoms with E-state index in [-0.39, 0.29) is 16.9 Å². The summed E-state index contributed by atoms with van der Waals surface area (Å²) in [5.41, 5.74) is 1.16. The average molecular weight is 217 g/mol. The number of rotatable bonds is 2. The smallest absolute Gasteiger partial charge is 0.223 e. The second-order valence-corrected chi connectivity index (χ2v) is 4.97. The highest BCUT2D eigenvalue weighted by molar-refractivity contribution is 5.27. The van der Waals surface area contributed by atoms with Gasteiger partial charge in [-0.2, -0.15) is 0 Å². The molecule has 3 rings (SSSR count). The van der Waals surface area contributed by atoms with Gasteiger partial charge in [-0.3, -0.25) is 10.1 Å². The van der Waals surface area contributed by atoms with E-state index in [1.165, 1.54) is 12.8 Å². The summed E-state index contributed by atoms with van der Waals surface area (Å²) in [6.07, 6.45) is 3.40. The van der Waals surface area contributed by atoms with Gasteiger partial charge >= 0.3 is 0 Å². The molecular formula is C13H15NO2. The van der Waals surface area contributed by atoms with Crippen LogP contribution in [0.5, 0.6) is 0 Å². The Morgan fingerprint density at radius 2 is 1.81 bits per heavy atom. The first-order chi connectivity index (χ1) is 7.79. The van der Waals surface area contributed by atoms with Crippen molar-refractivity contribution in [3.63, 3.8) is 0 Å². The van der Waals surface area contributed by atoms with E-state index in [0.717, 1.165) is 12.0 Å². The van der Waals surface area contributed by atoms with Gasteiger partial charge in [0.1, 0.15) is 0 Å². The zero-order valence-corrected chi connectivity index (χ0v) is 9.08. The number of hydrogen-bond acceptors (Lipinski definition) is 2. The van der Waals surface area contributed by atoms with E-state index < -0.39 is 0 Å². The van der Waals surface area contributed by atoms with Crippen molar-refractivity contribution >= 4 is 0 Å². The second-order valence-electron chi connectivity index (χ2n) is 4.97. The third-order valence-electron chi connectivity index (χ3n) is 4.32. The lowest BCUT2D eigenvalue weighted by Gasteiger charge is -2.43. The third-order valence-corrected chi connectivity index (χ3v) is 4.32. The number of hydrogen-bond donors (Lipinski definition) is 0. The lowest BCUT2D eigenvalue weighted by molar-refractivity contribution is -0.557. The molecule has 0 aliphatic heterocycles. The Hall–Kier alpha value is -1.38. The van der Waals surface area contributed by atoms with Gasteiger partial charge in [0.15, 0.2) is 0 Å². The maximum atomic E-state index is 11.1. The first kappa shape index (κ1) is 9.82. The lowest BCUT2D eigenvalue weighted by Crippen LogP contribution is -2.51. The normalized spacial score (nSPS) is 36.5. The zero-order valence-electron chi connectivity index (χ0n) is 9.08. The van der Waals surface area contributed by atoms with Gasteiger partial charge in [-0.25, -0.2) is 0 Å². The molecule has 0 unspecified atom stereocenters. The summed E-state index contributed by atoms with van der Waals surface area (Å²) >= 11 is 0. The summed E-state index contributed by atoms with van der Waals surface area (Å²) in [7, 11) is 0. The monoisotopic (exact) mass is 217 g/mol. The van der Waals surface area contributed by atoms with E-state index in [2.05, 4.69) is 0 Å². The van der Waals surface area contributed by atoms with Crippen LogP contribution in [0.25, 0.3) is 0 Å². The Labute approximate surface area is 94.6 Å². The molecule has 0 N–H and O–H groups in total. The van der Waals surface area contributed by atoms with Crippen molar-refractivity contribution in [2.75, 3.05) is 0 Å². The van der Waals surface area contributed by atoms with Gasteiger partial charge in [-0.1, -0.05) is 36.8 Å². The fourth-order valence-corrected chi connectivity index (χ4v) is 3.67. The maximum absolute atomic E-state index is 11.1. The fraction of sp³-hybridized carbons (Fsp3) is 0.538. The lowest BCUT2D eigenvalue weighted by atomic mass is 9.60. The predicted octanol–water partition coefficient (Wildman–Crippen LogP) is 2.85. The molecule has 2 fully saturated rings. The van der Waals surface area contributed by atoms with Gasteiger partial charge in [0.2, 0.25) is 6.04 Å². The molecule has 84 valence electrons. The summed E-state index contributed by atoms with van der Waals surface area (Å²) in [6.45, 7) is 0. The predicted molar refractivity (Wildman–Crippen MR) is 60.8 cm³/mol. The number of benzene rings is 1. The van der Waals surface area contributed by atoms with Crippen molar-refractivity contribution in [3.05, 3.63) is 46.0 Å². The van der Waals surface area contributed by atoms with Crippen LogP contribution in [0.4, 0.5) is 0 Å². The third kappa shape index (κ3) is 1.27. The highest BCUT2D eigenvalue weighted by Gasteiger charge is 2.59. The van der Waals surface area contributed by atoms with Gasteiger partial charge in [-0.05, 0) is 24.3 Å². The summed E-state index contributed by atoms with van der Waals surface area (Å²) in [5, 5.41) is 11.1. The Morgan fingerprint density at radius 1 is 1.12 bits per heavy atom. The molecule has 1 aromatic carbocycles. The van der Waals surface area contributed by atoms with Crippen LogP contribution in [-0.2, 0) is 0 Å². The minimum Gasteiger partial charge on any atom is -0.264 e. The summed E-state index contributed by atoms with van der Waals surface area (Å²) in [5.74, 6) is 1.08. The molecule has 0 heterocycles. The number of nitrogens with zero attached hydrogens (tertiary/aromatic N) is 1. The van der Waals surface area contributed by atoms with Crippen LogP contribution in [0.1, 0.15) is 30.7 Å². The zero-order chi connectivity index (χ0) is 11.1. The van der Waals surface area contributed by atoms with Gasteiger partial charge in [0.25, 0.3) is 0 Å². The van der Waals surface area contributed by atoms with Gasteiger partial charge in [-0.15, -0.1) is 0 Å². The Morgan fingerprint density at radius 3 is 2.50 bits per heavy atom. The van der Waals surface area contributed by atoms with Crippen molar-refractivity contribution in [1.29, 1.82) is 0 Å². The molecule has 4 atom stereocenters. The number of fused-ring (bicyclic) bond motifs is 1. The van der Waals surface area contributed by atoms with Gasteiger partial charge < -0.3 is 0 Å². The molecule has 0 radical (unpaired) electrons. The van der Waals surface area contributed by atoms with Crippen molar-refractivity contribution in [2.24, 2.45) is 11.8 Å². The first-order valence-electron chi connectivity index (χ1n) is 5.97.